The van der Waals surface area contributed by atoms with E-state index in [0.717, 1.165) is 140 Å². The van der Waals surface area contributed by atoms with Crippen LogP contribution in [0.2, 0.25) is 0 Å². The van der Waals surface area contributed by atoms with Crippen LogP contribution in [0.4, 0.5) is 0 Å². The summed E-state index contributed by atoms with van der Waals surface area (Å²) in [5.74, 6) is -8.04. The third-order valence-corrected chi connectivity index (χ3v) is 14.4. The largest absolute Gasteiger partial charge is 0.504 e. The van der Waals surface area contributed by atoms with E-state index >= 15 is 0 Å². The molecule has 0 heterocycles. The van der Waals surface area contributed by atoms with Crippen LogP contribution in [-0.2, 0) is 14.4 Å². The number of rotatable bonds is 51. The highest BCUT2D eigenvalue weighted by atomic mass is 16.6. The van der Waals surface area contributed by atoms with Gasteiger partial charge in [-0.05, 0) is 121 Å². The molecule has 0 amide bonds. The standard InChI is InChI=1S/C68H106O12/c1-4-7-10-13-16-19-22-25-28-31-34-37-40-43-46-49-62(70)77-60-54-57(68(76)79-59-53-56(67(74)75)52-58(69)65(59)73)55-61(78-63(71)50-47-44-41-38-35-32-29-26-23-20-17-14-11-8-5-2)66(60)80-64(72)51-48-45-42-39-36-33-30-27-24-21-18-15-12-9-6-3/h25-30,52-55,69,73H,4-24,31-51H2,1-3H3,(H,74,75). The fourth-order valence-electron chi connectivity index (χ4n) is 9.43. The smallest absolute Gasteiger partial charge is 0.343 e. The summed E-state index contributed by atoms with van der Waals surface area (Å²) < 4.78 is 23.0. The molecule has 0 fully saturated rings. The minimum Gasteiger partial charge on any atom is -0.504 e. The molecule has 450 valence electrons. The number of carboxylic acid groups (broad SMARTS) is 1. The highest BCUT2D eigenvalue weighted by Gasteiger charge is 2.27. The maximum atomic E-state index is 13.8. The highest BCUT2D eigenvalue weighted by Crippen LogP contribution is 2.42. The molecule has 2 aromatic carbocycles. The van der Waals surface area contributed by atoms with Gasteiger partial charge < -0.3 is 34.3 Å². The van der Waals surface area contributed by atoms with Crippen molar-refractivity contribution in [1.29, 1.82) is 0 Å². The summed E-state index contributed by atoms with van der Waals surface area (Å²) in [6.07, 6.45) is 56.3. The molecule has 0 saturated heterocycles. The Balaban J connectivity index is 2.18. The van der Waals surface area contributed by atoms with Crippen molar-refractivity contribution in [2.24, 2.45) is 0 Å². The third kappa shape index (κ3) is 36.1. The number of unbranched alkanes of at least 4 members (excludes halogenated alkanes) is 33. The number of esters is 4. The van der Waals surface area contributed by atoms with Gasteiger partial charge in [-0.3, -0.25) is 14.4 Å². The van der Waals surface area contributed by atoms with Crippen LogP contribution in [0.25, 0.3) is 0 Å². The summed E-state index contributed by atoms with van der Waals surface area (Å²) in [5, 5.41) is 30.3. The molecule has 80 heavy (non-hydrogen) atoms. The number of allylic oxidation sites excluding steroid dienone is 6. The third-order valence-electron chi connectivity index (χ3n) is 14.4. The molecule has 0 saturated carbocycles. The van der Waals surface area contributed by atoms with E-state index in [2.05, 4.69) is 57.2 Å². The summed E-state index contributed by atoms with van der Waals surface area (Å²) in [5.41, 5.74) is -0.804. The molecule has 0 bridgehead atoms. The number of ether oxygens (including phenoxy) is 4. The van der Waals surface area contributed by atoms with E-state index in [-0.39, 0.29) is 42.1 Å². The number of phenolic OH excluding ortho intramolecular Hbond substituents is 2. The average Bonchev–Trinajstić information content (AvgIpc) is 3.44. The zero-order valence-electron chi connectivity index (χ0n) is 50.0. The molecule has 0 aliphatic heterocycles. The lowest BCUT2D eigenvalue weighted by Gasteiger charge is -2.17. The van der Waals surface area contributed by atoms with Crippen LogP contribution in [0.3, 0.4) is 0 Å². The molecule has 0 aliphatic carbocycles. The summed E-state index contributed by atoms with van der Waals surface area (Å²) in [6.45, 7) is 6.70. The van der Waals surface area contributed by atoms with Crippen LogP contribution in [0.15, 0.2) is 60.7 Å². The van der Waals surface area contributed by atoms with Gasteiger partial charge in [0.2, 0.25) is 11.5 Å². The Hall–Kier alpha value is -5.39. The number of phenols is 2. The predicted octanol–water partition coefficient (Wildman–Crippen LogP) is 19.8. The summed E-state index contributed by atoms with van der Waals surface area (Å²) in [7, 11) is 0. The van der Waals surface area contributed by atoms with E-state index in [4.69, 9.17) is 18.9 Å². The number of aromatic carboxylic acids is 1. The van der Waals surface area contributed by atoms with Gasteiger partial charge in [0.05, 0.1) is 11.1 Å². The molecule has 3 N–H and O–H groups in total. The Kier molecular flexibility index (Phi) is 42.7. The van der Waals surface area contributed by atoms with Gasteiger partial charge in [-0.25, -0.2) is 9.59 Å². The second kappa shape index (κ2) is 48.3. The van der Waals surface area contributed by atoms with Gasteiger partial charge in [0.25, 0.3) is 0 Å². The molecule has 0 atom stereocenters. The van der Waals surface area contributed by atoms with Crippen LogP contribution in [0.5, 0.6) is 34.5 Å². The average molecular weight is 1120 g/mol. The number of carboxylic acids is 1. The molecule has 2 aromatic rings. The van der Waals surface area contributed by atoms with Crippen molar-refractivity contribution < 1.29 is 58.2 Å². The Morgan fingerprint density at radius 1 is 0.350 bits per heavy atom. The molecule has 0 spiro atoms. The molecule has 0 unspecified atom stereocenters. The number of hydrogen-bond donors (Lipinski definition) is 3. The first-order valence-electron chi connectivity index (χ1n) is 31.8. The zero-order chi connectivity index (χ0) is 58.1. The molecule has 12 nitrogen and oxygen atoms in total. The monoisotopic (exact) mass is 1110 g/mol. The second-order valence-electron chi connectivity index (χ2n) is 21.8. The summed E-state index contributed by atoms with van der Waals surface area (Å²) in [4.78, 5) is 66.3. The molecule has 0 radical (unpaired) electrons. The SMILES string of the molecule is CCCCCCCCC=CCCCCCCCC(=O)Oc1cc(C(=O)Oc2cc(C(=O)O)cc(O)c2O)cc(OC(=O)CCCCCCCC=CCCCCCCCC)c1OC(=O)CCCCCCCC=CCCCCCCCC. The second-order valence-corrected chi connectivity index (χ2v) is 21.8. The van der Waals surface area contributed by atoms with Crippen LogP contribution in [-0.4, -0.2) is 45.2 Å². The quantitative estimate of drug-likeness (QED) is 0.0188. The van der Waals surface area contributed by atoms with Crippen LogP contribution in [0, 0.1) is 0 Å². The molecule has 0 aromatic heterocycles. The summed E-state index contributed by atoms with van der Waals surface area (Å²) in [6, 6.07) is 3.90. The van der Waals surface area contributed by atoms with Gasteiger partial charge in [-0.15, -0.1) is 0 Å². The molecular formula is C68H106O12. The van der Waals surface area contributed by atoms with Gasteiger partial charge in [-0.2, -0.15) is 0 Å². The molecular weight excluding hydrogens is 1010 g/mol. The van der Waals surface area contributed by atoms with E-state index in [0.29, 0.717) is 19.3 Å². The zero-order valence-corrected chi connectivity index (χ0v) is 50.0. The number of hydrogen-bond acceptors (Lipinski definition) is 11. The van der Waals surface area contributed by atoms with Crippen molar-refractivity contribution in [1.82, 2.24) is 0 Å². The Bertz CT molecular complexity index is 2010. The minimum absolute atomic E-state index is 0.0227. The fraction of sp³-hybridized carbons (Fsp3) is 0.662. The van der Waals surface area contributed by atoms with Gasteiger partial charge in [0.15, 0.2) is 23.0 Å². The van der Waals surface area contributed by atoms with Crippen LogP contribution in [0.1, 0.15) is 311 Å². The maximum absolute atomic E-state index is 13.8. The first-order chi connectivity index (χ1) is 39.0. The summed E-state index contributed by atoms with van der Waals surface area (Å²) >= 11 is 0. The Morgan fingerprint density at radius 3 is 0.963 bits per heavy atom. The van der Waals surface area contributed by atoms with Crippen molar-refractivity contribution in [2.75, 3.05) is 0 Å². The minimum atomic E-state index is -1.45. The van der Waals surface area contributed by atoms with Crippen molar-refractivity contribution in [3.05, 3.63) is 71.8 Å². The number of carbonyl (C=O) groups excluding carboxylic acids is 4. The normalized spacial score (nSPS) is 11.5. The maximum Gasteiger partial charge on any atom is 0.343 e. The van der Waals surface area contributed by atoms with E-state index in [9.17, 15) is 39.3 Å². The van der Waals surface area contributed by atoms with E-state index < -0.39 is 52.7 Å². The topological polar surface area (TPSA) is 183 Å². The Labute approximate surface area is 483 Å². The molecule has 2 rings (SSSR count). The lowest BCUT2D eigenvalue weighted by atomic mass is 10.1. The molecule has 12 heteroatoms. The Morgan fingerprint density at radius 2 is 0.637 bits per heavy atom. The fourth-order valence-corrected chi connectivity index (χ4v) is 9.43. The van der Waals surface area contributed by atoms with Gasteiger partial charge in [0, 0.05) is 19.3 Å². The van der Waals surface area contributed by atoms with E-state index in [1.807, 2.05) is 0 Å². The van der Waals surface area contributed by atoms with Crippen molar-refractivity contribution in [2.45, 2.75) is 290 Å². The van der Waals surface area contributed by atoms with E-state index in [1.54, 1.807) is 0 Å². The van der Waals surface area contributed by atoms with Gasteiger partial charge in [-0.1, -0.05) is 211 Å². The van der Waals surface area contributed by atoms with Gasteiger partial charge in [0.1, 0.15) is 0 Å². The first kappa shape index (κ1) is 70.7. The number of benzene rings is 2. The van der Waals surface area contributed by atoms with Crippen molar-refractivity contribution in [3.63, 3.8) is 0 Å². The molecule has 0 aliphatic rings. The van der Waals surface area contributed by atoms with Crippen molar-refractivity contribution in [3.8, 4) is 34.5 Å². The predicted molar refractivity (Wildman–Crippen MR) is 323 cm³/mol. The number of aromatic hydroxyl groups is 2. The lowest BCUT2D eigenvalue weighted by Crippen LogP contribution is -2.17. The van der Waals surface area contributed by atoms with E-state index in [1.165, 1.54) is 116 Å². The first-order valence-corrected chi connectivity index (χ1v) is 31.8. The van der Waals surface area contributed by atoms with Crippen molar-refractivity contribution >= 4 is 29.8 Å². The highest BCUT2D eigenvalue weighted by molar-refractivity contribution is 5.95. The van der Waals surface area contributed by atoms with Crippen LogP contribution >= 0.6 is 0 Å². The van der Waals surface area contributed by atoms with Crippen LogP contribution < -0.4 is 18.9 Å². The van der Waals surface area contributed by atoms with Gasteiger partial charge >= 0.3 is 29.8 Å². The number of carbonyl (C=O) groups is 5. The lowest BCUT2D eigenvalue weighted by molar-refractivity contribution is -0.138.